The number of hydrogen-bond donors (Lipinski definition) is 0. The van der Waals surface area contributed by atoms with E-state index in [9.17, 15) is 0 Å². The Kier molecular flexibility index (Phi) is 2.49. The summed E-state index contributed by atoms with van der Waals surface area (Å²) in [6, 6.07) is 16.3. The van der Waals surface area contributed by atoms with Crippen molar-refractivity contribution in [2.24, 2.45) is 0 Å². The van der Waals surface area contributed by atoms with E-state index in [4.69, 9.17) is 0 Å². The molecule has 1 heteroatoms. The molecule has 2 aliphatic heterocycles. The van der Waals surface area contributed by atoms with Crippen LogP contribution in [0, 0.1) is 6.92 Å². The van der Waals surface area contributed by atoms with Crippen molar-refractivity contribution in [1.29, 1.82) is 0 Å². The lowest BCUT2D eigenvalue weighted by atomic mass is 9.83. The van der Waals surface area contributed by atoms with Gasteiger partial charge in [0.25, 0.3) is 0 Å². The smallest absolute Gasteiger partial charge is 0.0395 e. The number of hydrogen-bond acceptors (Lipinski definition) is 1. The summed E-state index contributed by atoms with van der Waals surface area (Å²) in [5.41, 5.74) is 7.70. The van der Waals surface area contributed by atoms with Gasteiger partial charge in [0.1, 0.15) is 0 Å². The summed E-state index contributed by atoms with van der Waals surface area (Å²) in [5.74, 6) is 0. The molecule has 1 nitrogen and oxygen atoms in total. The largest absolute Gasteiger partial charge is 0.291 e. The van der Waals surface area contributed by atoms with Gasteiger partial charge in [-0.2, -0.15) is 0 Å². The van der Waals surface area contributed by atoms with Crippen molar-refractivity contribution in [2.45, 2.75) is 32.4 Å². The minimum Gasteiger partial charge on any atom is -0.291 e. The fraction of sp³-hybridized carbons (Fsp3) is 0.333. The number of aryl methyl sites for hydroxylation is 1. The molecule has 0 aliphatic carbocycles. The molecule has 1 atom stereocenters. The molecular weight excluding hydrogens is 230 g/mol. The highest BCUT2D eigenvalue weighted by molar-refractivity contribution is 5.42. The van der Waals surface area contributed by atoms with Crippen LogP contribution in [0.25, 0.3) is 0 Å². The molecule has 2 heterocycles. The maximum Gasteiger partial charge on any atom is 0.0395 e. The number of rotatable bonds is 0. The first kappa shape index (κ1) is 11.2. The van der Waals surface area contributed by atoms with Gasteiger partial charge in [0, 0.05) is 19.1 Å². The van der Waals surface area contributed by atoms with Gasteiger partial charge >= 0.3 is 0 Å². The minimum absolute atomic E-state index is 0.596. The van der Waals surface area contributed by atoms with Gasteiger partial charge in [0.2, 0.25) is 0 Å². The summed E-state index contributed by atoms with van der Waals surface area (Å²) in [6.07, 6.45) is 2.38. The standard InChI is InChI=1S/C18H19N/c1-13-5-4-8-17-16(13)9-10-19-12-15-7-3-2-6-14(15)11-18(17)19/h2-8,18H,9-12H2,1H3. The molecule has 4 rings (SSSR count). The van der Waals surface area contributed by atoms with Crippen molar-refractivity contribution in [3.8, 4) is 0 Å². The third kappa shape index (κ3) is 1.73. The van der Waals surface area contributed by atoms with Gasteiger partial charge in [-0.3, -0.25) is 4.90 Å². The molecule has 0 radical (unpaired) electrons. The highest BCUT2D eigenvalue weighted by atomic mass is 15.2. The maximum atomic E-state index is 2.66. The lowest BCUT2D eigenvalue weighted by Gasteiger charge is -2.41. The lowest BCUT2D eigenvalue weighted by Crippen LogP contribution is -2.39. The Morgan fingerprint density at radius 3 is 2.74 bits per heavy atom. The van der Waals surface area contributed by atoms with Gasteiger partial charge in [-0.25, -0.2) is 0 Å². The van der Waals surface area contributed by atoms with Crippen LogP contribution in [0.2, 0.25) is 0 Å². The second-order valence-corrected chi connectivity index (χ2v) is 5.85. The fourth-order valence-corrected chi connectivity index (χ4v) is 3.75. The maximum absolute atomic E-state index is 2.66. The quantitative estimate of drug-likeness (QED) is 0.689. The van der Waals surface area contributed by atoms with E-state index in [0.717, 1.165) is 6.54 Å². The first-order valence-electron chi connectivity index (χ1n) is 7.22. The predicted octanol–water partition coefficient (Wildman–Crippen LogP) is 3.65. The molecule has 0 saturated heterocycles. The molecule has 2 aliphatic rings. The normalized spacial score (nSPS) is 21.4. The van der Waals surface area contributed by atoms with Crippen LogP contribution >= 0.6 is 0 Å². The van der Waals surface area contributed by atoms with E-state index < -0.39 is 0 Å². The Morgan fingerprint density at radius 1 is 1.00 bits per heavy atom. The van der Waals surface area contributed by atoms with E-state index in [2.05, 4.69) is 54.3 Å². The van der Waals surface area contributed by atoms with Crippen LogP contribution < -0.4 is 0 Å². The second kappa shape index (κ2) is 4.21. The highest BCUT2D eigenvalue weighted by Gasteiger charge is 2.31. The van der Waals surface area contributed by atoms with Crippen molar-refractivity contribution in [2.75, 3.05) is 6.54 Å². The van der Waals surface area contributed by atoms with E-state index in [1.54, 1.807) is 11.1 Å². The van der Waals surface area contributed by atoms with Crippen molar-refractivity contribution in [3.05, 3.63) is 70.3 Å². The molecule has 1 unspecified atom stereocenters. The van der Waals surface area contributed by atoms with Gasteiger partial charge in [-0.05, 0) is 47.6 Å². The summed E-state index contributed by atoms with van der Waals surface area (Å²) < 4.78 is 0. The molecule has 0 fully saturated rings. The molecule has 96 valence electrons. The summed E-state index contributed by atoms with van der Waals surface area (Å²) in [4.78, 5) is 2.66. The van der Waals surface area contributed by atoms with Crippen molar-refractivity contribution < 1.29 is 0 Å². The van der Waals surface area contributed by atoms with E-state index in [1.165, 1.54) is 36.1 Å². The molecular formula is C18H19N. The molecule has 0 amide bonds. The van der Waals surface area contributed by atoms with Gasteiger partial charge in [0.15, 0.2) is 0 Å². The molecule has 2 aromatic carbocycles. The van der Waals surface area contributed by atoms with Gasteiger partial charge in [-0.15, -0.1) is 0 Å². The predicted molar refractivity (Wildman–Crippen MR) is 78.2 cm³/mol. The molecule has 19 heavy (non-hydrogen) atoms. The highest BCUT2D eigenvalue weighted by Crippen LogP contribution is 2.38. The van der Waals surface area contributed by atoms with E-state index in [1.807, 2.05) is 0 Å². The van der Waals surface area contributed by atoms with Gasteiger partial charge < -0.3 is 0 Å². The van der Waals surface area contributed by atoms with Crippen LogP contribution in [-0.4, -0.2) is 11.4 Å². The average molecular weight is 249 g/mol. The van der Waals surface area contributed by atoms with Crippen LogP contribution in [-0.2, 0) is 19.4 Å². The Morgan fingerprint density at radius 2 is 1.84 bits per heavy atom. The van der Waals surface area contributed by atoms with Gasteiger partial charge in [0.05, 0.1) is 0 Å². The third-order valence-corrected chi connectivity index (χ3v) is 4.80. The number of nitrogens with zero attached hydrogens (tertiary/aromatic N) is 1. The van der Waals surface area contributed by atoms with Gasteiger partial charge in [-0.1, -0.05) is 42.5 Å². The average Bonchev–Trinajstić information content (AvgIpc) is 2.45. The van der Waals surface area contributed by atoms with Crippen molar-refractivity contribution in [1.82, 2.24) is 4.90 Å². The van der Waals surface area contributed by atoms with E-state index >= 15 is 0 Å². The fourth-order valence-electron chi connectivity index (χ4n) is 3.75. The van der Waals surface area contributed by atoms with Crippen molar-refractivity contribution >= 4 is 0 Å². The third-order valence-electron chi connectivity index (χ3n) is 4.80. The summed E-state index contributed by atoms with van der Waals surface area (Å²) in [7, 11) is 0. The van der Waals surface area contributed by atoms with Crippen LogP contribution in [0.15, 0.2) is 42.5 Å². The van der Waals surface area contributed by atoms with Crippen LogP contribution in [0.3, 0.4) is 0 Å². The SMILES string of the molecule is Cc1cccc2c1CCN1Cc3ccccc3CC21. The first-order valence-corrected chi connectivity index (χ1v) is 7.22. The minimum atomic E-state index is 0.596. The van der Waals surface area contributed by atoms with Crippen molar-refractivity contribution in [3.63, 3.8) is 0 Å². The van der Waals surface area contributed by atoms with E-state index in [0.29, 0.717) is 6.04 Å². The zero-order valence-electron chi connectivity index (χ0n) is 11.4. The molecule has 0 bridgehead atoms. The molecule has 0 spiro atoms. The van der Waals surface area contributed by atoms with Crippen LogP contribution in [0.1, 0.15) is 33.9 Å². The molecule has 2 aromatic rings. The summed E-state index contributed by atoms with van der Waals surface area (Å²) >= 11 is 0. The number of benzene rings is 2. The van der Waals surface area contributed by atoms with E-state index in [-0.39, 0.29) is 0 Å². The monoisotopic (exact) mass is 249 g/mol. The molecule has 0 aromatic heterocycles. The molecule has 0 saturated carbocycles. The summed E-state index contributed by atoms with van der Waals surface area (Å²) in [5, 5.41) is 0. The topological polar surface area (TPSA) is 3.24 Å². The van der Waals surface area contributed by atoms with Crippen LogP contribution in [0.4, 0.5) is 0 Å². The molecule has 0 N–H and O–H groups in total. The Bertz CT molecular complexity index is 629. The zero-order valence-corrected chi connectivity index (χ0v) is 11.4. The second-order valence-electron chi connectivity index (χ2n) is 5.85. The first-order chi connectivity index (χ1) is 9.33. The Balaban J connectivity index is 1.80. The number of fused-ring (bicyclic) bond motifs is 4. The Hall–Kier alpha value is -1.60. The Labute approximate surface area is 114 Å². The lowest BCUT2D eigenvalue weighted by molar-refractivity contribution is 0.161. The van der Waals surface area contributed by atoms with Crippen LogP contribution in [0.5, 0.6) is 0 Å². The zero-order chi connectivity index (χ0) is 12.8. The summed E-state index contributed by atoms with van der Waals surface area (Å²) in [6.45, 7) is 4.58.